The minimum atomic E-state index is -0.370. The van der Waals surface area contributed by atoms with Gasteiger partial charge < -0.3 is 14.5 Å². The molecule has 6 nitrogen and oxygen atoms in total. The van der Waals surface area contributed by atoms with Crippen molar-refractivity contribution in [1.82, 2.24) is 4.98 Å². The average Bonchev–Trinajstić information content (AvgIpc) is 2.80. The van der Waals surface area contributed by atoms with Crippen LogP contribution in [-0.4, -0.2) is 23.5 Å². The molecular weight excluding hydrogens is 284 g/mol. The molecule has 0 spiro atoms. The number of aryl methyl sites for hydroxylation is 2. The first-order valence-corrected chi connectivity index (χ1v) is 7.00. The minimum absolute atomic E-state index is 0.0983. The van der Waals surface area contributed by atoms with Gasteiger partial charge in [-0.15, -0.1) is 0 Å². The van der Waals surface area contributed by atoms with E-state index in [1.165, 1.54) is 0 Å². The third-order valence-corrected chi connectivity index (χ3v) is 3.02. The Morgan fingerprint density at radius 2 is 2.00 bits per heavy atom. The van der Waals surface area contributed by atoms with Crippen molar-refractivity contribution in [2.75, 3.05) is 11.9 Å². The third-order valence-electron chi connectivity index (χ3n) is 3.02. The summed E-state index contributed by atoms with van der Waals surface area (Å²) in [6, 6.07) is 7.09. The first-order chi connectivity index (χ1) is 10.5. The summed E-state index contributed by atoms with van der Waals surface area (Å²) in [5.41, 5.74) is 1.48. The van der Waals surface area contributed by atoms with Crippen LogP contribution in [0.5, 0.6) is 0 Å². The van der Waals surface area contributed by atoms with Crippen molar-refractivity contribution in [3.05, 3.63) is 47.2 Å². The number of aromatic nitrogens is 1. The van der Waals surface area contributed by atoms with Crippen molar-refractivity contribution in [2.45, 2.75) is 27.2 Å². The van der Waals surface area contributed by atoms with E-state index in [4.69, 9.17) is 9.15 Å². The van der Waals surface area contributed by atoms with Gasteiger partial charge in [0.05, 0.1) is 13.0 Å². The van der Waals surface area contributed by atoms with Crippen molar-refractivity contribution < 1.29 is 18.7 Å². The number of benzene rings is 1. The molecule has 0 fully saturated rings. The largest absolute Gasteiger partial charge is 0.466 e. The Kier molecular flexibility index (Phi) is 4.93. The molecule has 0 aliphatic carbocycles. The maximum absolute atomic E-state index is 12.3. The number of carbonyl (C=O) groups is 2. The predicted molar refractivity (Wildman–Crippen MR) is 80.7 cm³/mol. The van der Waals surface area contributed by atoms with E-state index in [2.05, 4.69) is 10.3 Å². The quantitative estimate of drug-likeness (QED) is 0.859. The number of para-hydroxylation sites is 1. The molecule has 1 heterocycles. The van der Waals surface area contributed by atoms with E-state index in [0.717, 1.165) is 0 Å². The lowest BCUT2D eigenvalue weighted by molar-refractivity contribution is -0.142. The highest BCUT2D eigenvalue weighted by Crippen LogP contribution is 2.18. The molecular formula is C16H18N2O4. The molecule has 0 radical (unpaired) electrons. The molecule has 2 rings (SSSR count). The first-order valence-electron chi connectivity index (χ1n) is 7.00. The second-order valence-electron chi connectivity index (χ2n) is 4.73. The number of rotatable bonds is 5. The van der Waals surface area contributed by atoms with Crippen molar-refractivity contribution in [2.24, 2.45) is 0 Å². The topological polar surface area (TPSA) is 81.4 Å². The first kappa shape index (κ1) is 15.8. The van der Waals surface area contributed by atoms with Gasteiger partial charge in [-0.1, -0.05) is 18.2 Å². The average molecular weight is 302 g/mol. The molecule has 2 aromatic rings. The summed E-state index contributed by atoms with van der Waals surface area (Å²) in [6.45, 7) is 5.43. The molecule has 0 unspecified atom stereocenters. The maximum atomic E-state index is 12.3. The van der Waals surface area contributed by atoms with E-state index < -0.39 is 0 Å². The van der Waals surface area contributed by atoms with Gasteiger partial charge in [0.1, 0.15) is 5.76 Å². The number of esters is 1. The Bertz CT molecular complexity index is 691. The molecule has 0 saturated carbocycles. The van der Waals surface area contributed by atoms with Crippen molar-refractivity contribution in [1.29, 1.82) is 0 Å². The summed E-state index contributed by atoms with van der Waals surface area (Å²) >= 11 is 0. The fraction of sp³-hybridized carbons (Fsp3) is 0.312. The fourth-order valence-corrected chi connectivity index (χ4v) is 2.08. The Morgan fingerprint density at radius 1 is 1.27 bits per heavy atom. The predicted octanol–water partition coefficient (Wildman–Crippen LogP) is 2.65. The number of hydrogen-bond acceptors (Lipinski definition) is 5. The van der Waals surface area contributed by atoms with Crippen LogP contribution in [0.1, 0.15) is 34.6 Å². The van der Waals surface area contributed by atoms with Crippen LogP contribution in [0.3, 0.4) is 0 Å². The molecule has 1 aromatic heterocycles. The Hall–Kier alpha value is -2.63. The van der Waals surface area contributed by atoms with E-state index in [-0.39, 0.29) is 24.0 Å². The fourth-order valence-electron chi connectivity index (χ4n) is 2.08. The van der Waals surface area contributed by atoms with E-state index in [1.54, 1.807) is 45.0 Å². The molecule has 0 aliphatic heterocycles. The molecule has 116 valence electrons. The number of hydrogen-bond donors (Lipinski definition) is 1. The standard InChI is InChI=1S/C16H18N2O4/c1-4-21-14(19)9-12-7-5-6-8-13(12)18-16(20)15-10(2)22-11(3)17-15/h5-8H,4,9H2,1-3H3,(H,18,20). The lowest BCUT2D eigenvalue weighted by Crippen LogP contribution is -2.16. The zero-order chi connectivity index (χ0) is 16.1. The van der Waals surface area contributed by atoms with Gasteiger partial charge in [-0.25, -0.2) is 4.98 Å². The van der Waals surface area contributed by atoms with Crippen LogP contribution in [0.4, 0.5) is 5.69 Å². The number of nitrogens with one attached hydrogen (secondary N) is 1. The SMILES string of the molecule is CCOC(=O)Cc1ccccc1NC(=O)c1nc(C)oc1C. The van der Waals surface area contributed by atoms with Gasteiger partial charge in [0, 0.05) is 12.6 Å². The molecule has 6 heteroatoms. The van der Waals surface area contributed by atoms with E-state index in [1.807, 2.05) is 0 Å². The highest BCUT2D eigenvalue weighted by Gasteiger charge is 2.17. The number of oxazole rings is 1. The van der Waals surface area contributed by atoms with Crippen molar-refractivity contribution >= 4 is 17.6 Å². The second-order valence-corrected chi connectivity index (χ2v) is 4.73. The summed E-state index contributed by atoms with van der Waals surface area (Å²) in [5.74, 6) is 0.184. The van der Waals surface area contributed by atoms with E-state index in [9.17, 15) is 9.59 Å². The monoisotopic (exact) mass is 302 g/mol. The third kappa shape index (κ3) is 3.72. The molecule has 1 amide bonds. The van der Waals surface area contributed by atoms with Crippen LogP contribution in [-0.2, 0) is 16.0 Å². The summed E-state index contributed by atoms with van der Waals surface area (Å²) in [6.07, 6.45) is 0.0983. The van der Waals surface area contributed by atoms with Crippen LogP contribution in [0.2, 0.25) is 0 Å². The summed E-state index contributed by atoms with van der Waals surface area (Å²) in [4.78, 5) is 27.9. The normalized spacial score (nSPS) is 10.3. The van der Waals surface area contributed by atoms with Crippen LogP contribution < -0.4 is 5.32 Å². The van der Waals surface area contributed by atoms with Gasteiger partial charge in [0.15, 0.2) is 11.6 Å². The van der Waals surface area contributed by atoms with Gasteiger partial charge in [-0.2, -0.15) is 0 Å². The molecule has 22 heavy (non-hydrogen) atoms. The minimum Gasteiger partial charge on any atom is -0.466 e. The zero-order valence-electron chi connectivity index (χ0n) is 12.8. The van der Waals surface area contributed by atoms with Crippen molar-refractivity contribution in [3.63, 3.8) is 0 Å². The summed E-state index contributed by atoms with van der Waals surface area (Å²) in [5, 5.41) is 2.76. The number of anilines is 1. The number of ether oxygens (including phenoxy) is 1. The van der Waals surface area contributed by atoms with E-state index >= 15 is 0 Å². The van der Waals surface area contributed by atoms with E-state index in [0.29, 0.717) is 29.5 Å². The maximum Gasteiger partial charge on any atom is 0.310 e. The summed E-state index contributed by atoms with van der Waals surface area (Å²) in [7, 11) is 0. The van der Waals surface area contributed by atoms with Gasteiger partial charge >= 0.3 is 5.97 Å². The lowest BCUT2D eigenvalue weighted by atomic mass is 10.1. The lowest BCUT2D eigenvalue weighted by Gasteiger charge is -2.10. The second kappa shape index (κ2) is 6.89. The van der Waals surface area contributed by atoms with Crippen LogP contribution in [0, 0.1) is 13.8 Å². The number of nitrogens with zero attached hydrogens (tertiary/aromatic N) is 1. The van der Waals surface area contributed by atoms with Crippen LogP contribution in [0.25, 0.3) is 0 Å². The van der Waals surface area contributed by atoms with Crippen molar-refractivity contribution in [3.8, 4) is 0 Å². The van der Waals surface area contributed by atoms with Gasteiger partial charge in [0.2, 0.25) is 0 Å². The van der Waals surface area contributed by atoms with Gasteiger partial charge in [-0.05, 0) is 25.5 Å². The molecule has 0 bridgehead atoms. The van der Waals surface area contributed by atoms with Gasteiger partial charge in [0.25, 0.3) is 5.91 Å². The highest BCUT2D eigenvalue weighted by molar-refractivity contribution is 6.04. The smallest absolute Gasteiger partial charge is 0.310 e. The number of carbonyl (C=O) groups excluding carboxylic acids is 2. The zero-order valence-corrected chi connectivity index (χ0v) is 12.8. The van der Waals surface area contributed by atoms with Crippen LogP contribution in [0.15, 0.2) is 28.7 Å². The summed E-state index contributed by atoms with van der Waals surface area (Å²) < 4.78 is 10.2. The molecule has 1 N–H and O–H groups in total. The Labute approximate surface area is 128 Å². The Balaban J connectivity index is 2.17. The number of amides is 1. The molecule has 1 aromatic carbocycles. The molecule has 0 atom stereocenters. The molecule has 0 saturated heterocycles. The van der Waals surface area contributed by atoms with Crippen LogP contribution >= 0.6 is 0 Å². The molecule has 0 aliphatic rings. The Morgan fingerprint density at radius 3 is 2.64 bits per heavy atom. The highest BCUT2D eigenvalue weighted by atomic mass is 16.5. The van der Waals surface area contributed by atoms with Gasteiger partial charge in [-0.3, -0.25) is 9.59 Å².